The summed E-state index contributed by atoms with van der Waals surface area (Å²) in [5, 5.41) is 3.14. The van der Waals surface area contributed by atoms with E-state index in [-0.39, 0.29) is 11.9 Å². The van der Waals surface area contributed by atoms with Crippen LogP contribution in [-0.2, 0) is 6.42 Å². The minimum Gasteiger partial charge on any atom is -0.310 e. The van der Waals surface area contributed by atoms with E-state index in [1.165, 1.54) is 24.3 Å². The van der Waals surface area contributed by atoms with Crippen LogP contribution in [0.3, 0.4) is 0 Å². The summed E-state index contributed by atoms with van der Waals surface area (Å²) < 4.78 is 39.4. The van der Waals surface area contributed by atoms with Gasteiger partial charge in [-0.1, -0.05) is 18.2 Å². The fraction of sp³-hybridized carbons (Fsp3) is 0.250. The molecule has 0 aliphatic carbocycles. The van der Waals surface area contributed by atoms with E-state index in [9.17, 15) is 13.2 Å². The fourth-order valence-corrected chi connectivity index (χ4v) is 2.09. The molecule has 0 saturated heterocycles. The SMILES string of the molecule is CC(NCCc1cccc(F)c1)c1ccc(F)cc1F. The number of rotatable bonds is 5. The number of hydrogen-bond donors (Lipinski definition) is 1. The first-order valence-electron chi connectivity index (χ1n) is 6.49. The van der Waals surface area contributed by atoms with Gasteiger partial charge < -0.3 is 5.32 Å². The van der Waals surface area contributed by atoms with Gasteiger partial charge in [-0.3, -0.25) is 0 Å². The molecule has 0 amide bonds. The van der Waals surface area contributed by atoms with Crippen molar-refractivity contribution in [3.05, 3.63) is 71.0 Å². The van der Waals surface area contributed by atoms with Gasteiger partial charge in [0.25, 0.3) is 0 Å². The third kappa shape index (κ3) is 3.84. The summed E-state index contributed by atoms with van der Waals surface area (Å²) in [6, 6.07) is 9.69. The molecule has 0 aliphatic rings. The van der Waals surface area contributed by atoms with Crippen LogP contribution in [0.5, 0.6) is 0 Å². The smallest absolute Gasteiger partial charge is 0.130 e. The molecular weight excluding hydrogens is 263 g/mol. The summed E-state index contributed by atoms with van der Waals surface area (Å²) in [4.78, 5) is 0. The highest BCUT2D eigenvalue weighted by atomic mass is 19.1. The highest BCUT2D eigenvalue weighted by Gasteiger charge is 2.10. The summed E-state index contributed by atoms with van der Waals surface area (Å²) >= 11 is 0. The van der Waals surface area contributed by atoms with E-state index in [1.807, 2.05) is 13.0 Å². The molecule has 0 fully saturated rings. The van der Waals surface area contributed by atoms with Gasteiger partial charge in [-0.2, -0.15) is 0 Å². The molecule has 0 bridgehead atoms. The first-order valence-corrected chi connectivity index (χ1v) is 6.49. The number of nitrogens with one attached hydrogen (secondary N) is 1. The number of hydrogen-bond acceptors (Lipinski definition) is 1. The molecule has 1 atom stereocenters. The molecule has 0 radical (unpaired) electrons. The molecule has 2 aromatic carbocycles. The fourth-order valence-electron chi connectivity index (χ4n) is 2.09. The minimum absolute atomic E-state index is 0.232. The lowest BCUT2D eigenvalue weighted by atomic mass is 10.1. The highest BCUT2D eigenvalue weighted by molar-refractivity contribution is 5.22. The molecular formula is C16H16F3N. The van der Waals surface area contributed by atoms with Crippen molar-refractivity contribution in [2.75, 3.05) is 6.54 Å². The Morgan fingerprint density at radius 3 is 2.45 bits per heavy atom. The molecule has 0 spiro atoms. The van der Waals surface area contributed by atoms with Crippen LogP contribution in [-0.4, -0.2) is 6.54 Å². The number of halogens is 3. The first-order chi connectivity index (χ1) is 9.56. The molecule has 1 nitrogen and oxygen atoms in total. The molecule has 20 heavy (non-hydrogen) atoms. The van der Waals surface area contributed by atoms with Gasteiger partial charge in [0.15, 0.2) is 0 Å². The molecule has 0 saturated carbocycles. The lowest BCUT2D eigenvalue weighted by molar-refractivity contribution is 0.519. The molecule has 1 unspecified atom stereocenters. The van der Waals surface area contributed by atoms with E-state index < -0.39 is 11.6 Å². The Labute approximate surface area is 116 Å². The zero-order valence-corrected chi connectivity index (χ0v) is 11.2. The van der Waals surface area contributed by atoms with E-state index in [0.29, 0.717) is 18.5 Å². The summed E-state index contributed by atoms with van der Waals surface area (Å²) in [5.74, 6) is -1.41. The van der Waals surface area contributed by atoms with E-state index in [4.69, 9.17) is 0 Å². The normalized spacial score (nSPS) is 12.4. The van der Waals surface area contributed by atoms with Crippen molar-refractivity contribution in [2.24, 2.45) is 0 Å². The maximum atomic E-state index is 13.6. The summed E-state index contributed by atoms with van der Waals surface area (Å²) in [6.07, 6.45) is 0.644. The highest BCUT2D eigenvalue weighted by Crippen LogP contribution is 2.17. The average molecular weight is 279 g/mol. The molecule has 0 aromatic heterocycles. The summed E-state index contributed by atoms with van der Waals surface area (Å²) in [6.45, 7) is 2.39. The average Bonchev–Trinajstić information content (AvgIpc) is 2.38. The van der Waals surface area contributed by atoms with E-state index in [2.05, 4.69) is 5.32 Å². The summed E-state index contributed by atoms with van der Waals surface area (Å²) in [7, 11) is 0. The predicted octanol–water partition coefficient (Wildman–Crippen LogP) is 4.00. The molecule has 0 aliphatic heterocycles. The van der Waals surface area contributed by atoms with Crippen molar-refractivity contribution >= 4 is 0 Å². The van der Waals surface area contributed by atoms with Crippen molar-refractivity contribution in [1.29, 1.82) is 0 Å². The molecule has 4 heteroatoms. The third-order valence-electron chi connectivity index (χ3n) is 3.18. The van der Waals surface area contributed by atoms with Crippen LogP contribution in [0.2, 0.25) is 0 Å². The molecule has 106 valence electrons. The standard InChI is InChI=1S/C16H16F3N/c1-11(15-6-5-14(18)10-16(15)19)20-8-7-12-3-2-4-13(17)9-12/h2-6,9-11,20H,7-8H2,1H3. The van der Waals surface area contributed by atoms with Crippen LogP contribution in [0.15, 0.2) is 42.5 Å². The van der Waals surface area contributed by atoms with Crippen molar-refractivity contribution < 1.29 is 13.2 Å². The van der Waals surface area contributed by atoms with Crippen molar-refractivity contribution in [3.8, 4) is 0 Å². The maximum absolute atomic E-state index is 13.6. The van der Waals surface area contributed by atoms with Gasteiger partial charge in [-0.15, -0.1) is 0 Å². The van der Waals surface area contributed by atoms with Crippen molar-refractivity contribution in [2.45, 2.75) is 19.4 Å². The zero-order valence-electron chi connectivity index (χ0n) is 11.2. The van der Waals surface area contributed by atoms with Gasteiger partial charge in [-0.25, -0.2) is 13.2 Å². The number of benzene rings is 2. The Kier molecular flexibility index (Phi) is 4.79. The van der Waals surface area contributed by atoms with Crippen LogP contribution in [0.1, 0.15) is 24.1 Å². The van der Waals surface area contributed by atoms with Crippen molar-refractivity contribution in [1.82, 2.24) is 5.32 Å². The van der Waals surface area contributed by atoms with Gasteiger partial charge in [0.2, 0.25) is 0 Å². The van der Waals surface area contributed by atoms with Crippen LogP contribution in [0.25, 0.3) is 0 Å². The monoisotopic (exact) mass is 279 g/mol. The van der Waals surface area contributed by atoms with Crippen molar-refractivity contribution in [3.63, 3.8) is 0 Å². The summed E-state index contributed by atoms with van der Waals surface area (Å²) in [5.41, 5.74) is 1.30. The largest absolute Gasteiger partial charge is 0.310 e. The molecule has 1 N–H and O–H groups in total. The molecule has 2 aromatic rings. The van der Waals surface area contributed by atoms with Crippen LogP contribution < -0.4 is 5.32 Å². The van der Waals surface area contributed by atoms with Gasteiger partial charge >= 0.3 is 0 Å². The topological polar surface area (TPSA) is 12.0 Å². The Bertz CT molecular complexity index is 584. The second-order valence-electron chi connectivity index (χ2n) is 4.72. The Hall–Kier alpha value is -1.81. The van der Waals surface area contributed by atoms with Gasteiger partial charge in [0.1, 0.15) is 17.5 Å². The van der Waals surface area contributed by atoms with E-state index in [1.54, 1.807) is 6.07 Å². The Morgan fingerprint density at radius 1 is 1.00 bits per heavy atom. The van der Waals surface area contributed by atoms with Gasteiger partial charge in [0.05, 0.1) is 0 Å². The Balaban J connectivity index is 1.90. The first kappa shape index (κ1) is 14.6. The lowest BCUT2D eigenvalue weighted by Gasteiger charge is -2.15. The van der Waals surface area contributed by atoms with E-state index in [0.717, 1.165) is 11.6 Å². The second kappa shape index (κ2) is 6.57. The lowest BCUT2D eigenvalue weighted by Crippen LogP contribution is -2.22. The molecule has 0 heterocycles. The molecule has 2 rings (SSSR count). The second-order valence-corrected chi connectivity index (χ2v) is 4.72. The van der Waals surface area contributed by atoms with Gasteiger partial charge in [-0.05, 0) is 43.7 Å². The van der Waals surface area contributed by atoms with Crippen LogP contribution in [0.4, 0.5) is 13.2 Å². The quantitative estimate of drug-likeness (QED) is 0.872. The maximum Gasteiger partial charge on any atom is 0.130 e. The third-order valence-corrected chi connectivity index (χ3v) is 3.18. The zero-order chi connectivity index (χ0) is 14.5. The Morgan fingerprint density at radius 2 is 1.75 bits per heavy atom. The van der Waals surface area contributed by atoms with E-state index >= 15 is 0 Å². The minimum atomic E-state index is -0.585. The van der Waals surface area contributed by atoms with Crippen LogP contribution in [0, 0.1) is 17.5 Å². The van der Waals surface area contributed by atoms with Crippen LogP contribution >= 0.6 is 0 Å². The van der Waals surface area contributed by atoms with Gasteiger partial charge in [0, 0.05) is 17.7 Å². The predicted molar refractivity (Wildman–Crippen MR) is 72.9 cm³/mol.